The Kier molecular flexibility index (Phi) is 3.88. The van der Waals surface area contributed by atoms with Gasteiger partial charge in [-0.1, -0.05) is 5.16 Å². The van der Waals surface area contributed by atoms with Gasteiger partial charge >= 0.3 is 0 Å². The molecular weight excluding hydrogens is 294 g/mol. The fraction of sp³-hybridized carbons (Fsp3) is 0.692. The van der Waals surface area contributed by atoms with Crippen molar-refractivity contribution in [2.45, 2.75) is 45.1 Å². The molecule has 0 saturated carbocycles. The SMILES string of the molecule is Cc1noc(C)c1S(=O)(=O)N1CCN(C(C)(C)C)C(=O)C1. The molecule has 0 radical (unpaired) electrons. The van der Waals surface area contributed by atoms with E-state index in [9.17, 15) is 13.2 Å². The van der Waals surface area contributed by atoms with Crippen molar-refractivity contribution in [1.82, 2.24) is 14.4 Å². The Morgan fingerprint density at radius 3 is 2.24 bits per heavy atom. The predicted molar refractivity (Wildman–Crippen MR) is 76.2 cm³/mol. The lowest BCUT2D eigenvalue weighted by Crippen LogP contribution is -2.57. The summed E-state index contributed by atoms with van der Waals surface area (Å²) in [4.78, 5) is 14.0. The molecule has 0 unspecified atom stereocenters. The Morgan fingerprint density at radius 1 is 1.19 bits per heavy atom. The van der Waals surface area contributed by atoms with Crippen LogP contribution in [0.25, 0.3) is 0 Å². The Morgan fingerprint density at radius 2 is 1.81 bits per heavy atom. The summed E-state index contributed by atoms with van der Waals surface area (Å²) in [6.45, 7) is 9.44. The quantitative estimate of drug-likeness (QED) is 0.810. The van der Waals surface area contributed by atoms with Gasteiger partial charge in [-0.05, 0) is 34.6 Å². The van der Waals surface area contributed by atoms with Crippen molar-refractivity contribution in [2.24, 2.45) is 0 Å². The van der Waals surface area contributed by atoms with E-state index in [0.29, 0.717) is 12.2 Å². The summed E-state index contributed by atoms with van der Waals surface area (Å²) in [6.07, 6.45) is 0. The van der Waals surface area contributed by atoms with E-state index in [-0.39, 0.29) is 35.2 Å². The number of hydrogen-bond acceptors (Lipinski definition) is 5. The largest absolute Gasteiger partial charge is 0.360 e. The van der Waals surface area contributed by atoms with Gasteiger partial charge in [0, 0.05) is 18.6 Å². The van der Waals surface area contributed by atoms with Crippen molar-refractivity contribution in [3.8, 4) is 0 Å². The molecule has 118 valence electrons. The summed E-state index contributed by atoms with van der Waals surface area (Å²) < 4.78 is 31.4. The summed E-state index contributed by atoms with van der Waals surface area (Å²) >= 11 is 0. The topological polar surface area (TPSA) is 83.7 Å². The van der Waals surface area contributed by atoms with Crippen LogP contribution in [0.5, 0.6) is 0 Å². The molecule has 2 rings (SSSR count). The zero-order valence-corrected chi connectivity index (χ0v) is 13.8. The second kappa shape index (κ2) is 5.10. The molecule has 0 aromatic carbocycles. The first-order chi connectivity index (χ1) is 9.55. The van der Waals surface area contributed by atoms with Crippen LogP contribution in [0, 0.1) is 13.8 Å². The van der Waals surface area contributed by atoms with Gasteiger partial charge in [-0.25, -0.2) is 8.42 Å². The molecule has 1 aromatic heterocycles. The third-order valence-corrected chi connectivity index (χ3v) is 5.65. The van der Waals surface area contributed by atoms with E-state index in [0.717, 1.165) is 0 Å². The number of hydrogen-bond donors (Lipinski definition) is 0. The smallest absolute Gasteiger partial charge is 0.249 e. The van der Waals surface area contributed by atoms with Crippen LogP contribution in [0.3, 0.4) is 0 Å². The van der Waals surface area contributed by atoms with Crippen LogP contribution >= 0.6 is 0 Å². The van der Waals surface area contributed by atoms with Gasteiger partial charge in [0.15, 0.2) is 5.76 Å². The standard InChI is InChI=1S/C13H21N3O4S/c1-9-12(10(2)20-14-9)21(18,19)15-6-7-16(11(17)8-15)13(3,4)5/h6-8H2,1-5H3. The highest BCUT2D eigenvalue weighted by Crippen LogP contribution is 2.26. The van der Waals surface area contributed by atoms with E-state index in [2.05, 4.69) is 5.16 Å². The number of carbonyl (C=O) groups excluding carboxylic acids is 1. The summed E-state index contributed by atoms with van der Waals surface area (Å²) in [5.41, 5.74) is 0.00822. The number of sulfonamides is 1. The Bertz CT molecular complexity index is 638. The molecular formula is C13H21N3O4S. The molecule has 0 N–H and O–H groups in total. The molecule has 1 aliphatic rings. The van der Waals surface area contributed by atoms with Crippen molar-refractivity contribution >= 4 is 15.9 Å². The van der Waals surface area contributed by atoms with Crippen LogP contribution in [0.2, 0.25) is 0 Å². The summed E-state index contributed by atoms with van der Waals surface area (Å²) in [7, 11) is -3.75. The fourth-order valence-electron chi connectivity index (χ4n) is 2.54. The molecule has 2 heterocycles. The van der Waals surface area contributed by atoms with Gasteiger partial charge in [0.25, 0.3) is 0 Å². The van der Waals surface area contributed by atoms with E-state index < -0.39 is 10.0 Å². The second-order valence-electron chi connectivity index (χ2n) is 6.21. The molecule has 1 aromatic rings. The first kappa shape index (κ1) is 16.0. The maximum atomic E-state index is 12.6. The van der Waals surface area contributed by atoms with Gasteiger partial charge in [-0.2, -0.15) is 4.31 Å². The van der Waals surface area contributed by atoms with Crippen LogP contribution < -0.4 is 0 Å². The average molecular weight is 315 g/mol. The minimum absolute atomic E-state index is 0.0690. The lowest BCUT2D eigenvalue weighted by molar-refractivity contribution is -0.139. The van der Waals surface area contributed by atoms with Gasteiger partial charge in [0.05, 0.1) is 6.54 Å². The number of nitrogens with zero attached hydrogens (tertiary/aromatic N) is 3. The van der Waals surface area contributed by atoms with E-state index in [1.165, 1.54) is 4.31 Å². The van der Waals surface area contributed by atoms with E-state index in [1.54, 1.807) is 18.7 Å². The molecule has 0 bridgehead atoms. The minimum atomic E-state index is -3.75. The number of rotatable bonds is 2. The lowest BCUT2D eigenvalue weighted by Gasteiger charge is -2.41. The monoisotopic (exact) mass is 315 g/mol. The maximum absolute atomic E-state index is 12.6. The van der Waals surface area contributed by atoms with Crippen LogP contribution in [0.15, 0.2) is 9.42 Å². The number of aromatic nitrogens is 1. The number of piperazine rings is 1. The lowest BCUT2D eigenvalue weighted by atomic mass is 10.1. The third kappa shape index (κ3) is 2.82. The molecule has 1 saturated heterocycles. The van der Waals surface area contributed by atoms with Gasteiger partial charge in [0.2, 0.25) is 15.9 Å². The molecule has 0 aliphatic carbocycles. The molecule has 1 fully saturated rings. The molecule has 0 spiro atoms. The van der Waals surface area contributed by atoms with E-state index in [4.69, 9.17) is 4.52 Å². The van der Waals surface area contributed by atoms with Crippen LogP contribution in [0.1, 0.15) is 32.2 Å². The first-order valence-electron chi connectivity index (χ1n) is 6.78. The van der Waals surface area contributed by atoms with Crippen molar-refractivity contribution < 1.29 is 17.7 Å². The number of carbonyl (C=O) groups is 1. The van der Waals surface area contributed by atoms with Gasteiger partial charge in [-0.3, -0.25) is 4.79 Å². The Balaban J connectivity index is 2.28. The average Bonchev–Trinajstić information content (AvgIpc) is 2.67. The van der Waals surface area contributed by atoms with E-state index in [1.807, 2.05) is 20.8 Å². The molecule has 8 heteroatoms. The van der Waals surface area contributed by atoms with Crippen molar-refractivity contribution in [2.75, 3.05) is 19.6 Å². The van der Waals surface area contributed by atoms with Gasteiger partial charge in [-0.15, -0.1) is 0 Å². The molecule has 1 aliphatic heterocycles. The summed E-state index contributed by atoms with van der Waals surface area (Å²) in [6, 6.07) is 0. The van der Waals surface area contributed by atoms with Crippen LogP contribution in [-0.2, 0) is 14.8 Å². The third-order valence-electron chi connectivity index (χ3n) is 3.56. The summed E-state index contributed by atoms with van der Waals surface area (Å²) in [5.74, 6) is 0.0577. The normalized spacial score (nSPS) is 18.3. The molecule has 21 heavy (non-hydrogen) atoms. The minimum Gasteiger partial charge on any atom is -0.360 e. The van der Waals surface area contributed by atoms with Crippen LogP contribution in [0.4, 0.5) is 0 Å². The zero-order chi connectivity index (χ0) is 16.0. The Labute approximate surface area is 124 Å². The van der Waals surface area contributed by atoms with Crippen molar-refractivity contribution in [1.29, 1.82) is 0 Å². The number of aryl methyl sites for hydroxylation is 2. The highest BCUT2D eigenvalue weighted by molar-refractivity contribution is 7.89. The highest BCUT2D eigenvalue weighted by Gasteiger charge is 2.38. The number of amides is 1. The van der Waals surface area contributed by atoms with Crippen molar-refractivity contribution in [3.63, 3.8) is 0 Å². The highest BCUT2D eigenvalue weighted by atomic mass is 32.2. The molecule has 0 atom stereocenters. The van der Waals surface area contributed by atoms with Crippen molar-refractivity contribution in [3.05, 3.63) is 11.5 Å². The zero-order valence-electron chi connectivity index (χ0n) is 13.0. The first-order valence-corrected chi connectivity index (χ1v) is 8.22. The van der Waals surface area contributed by atoms with Gasteiger partial charge < -0.3 is 9.42 Å². The second-order valence-corrected chi connectivity index (χ2v) is 8.08. The predicted octanol–water partition coefficient (Wildman–Crippen LogP) is 0.923. The molecule has 1 amide bonds. The Hall–Kier alpha value is -1.41. The van der Waals surface area contributed by atoms with Crippen LogP contribution in [-0.4, -0.2) is 53.9 Å². The van der Waals surface area contributed by atoms with E-state index >= 15 is 0 Å². The summed E-state index contributed by atoms with van der Waals surface area (Å²) in [5, 5.41) is 3.67. The fourth-order valence-corrected chi connectivity index (χ4v) is 4.21. The van der Waals surface area contributed by atoms with Gasteiger partial charge in [0.1, 0.15) is 10.6 Å². The molecule has 7 nitrogen and oxygen atoms in total. The maximum Gasteiger partial charge on any atom is 0.249 e.